The molecule has 5 heteroatoms. The van der Waals surface area contributed by atoms with Crippen molar-refractivity contribution in [2.75, 3.05) is 13.2 Å². The van der Waals surface area contributed by atoms with E-state index in [2.05, 4.69) is 19.3 Å². The first-order chi connectivity index (χ1) is 8.13. The lowest BCUT2D eigenvalue weighted by molar-refractivity contribution is -0.138. The van der Waals surface area contributed by atoms with Gasteiger partial charge in [-0.3, -0.25) is 9.63 Å². The third kappa shape index (κ3) is 8.12. The molecule has 0 saturated heterocycles. The Kier molecular flexibility index (Phi) is 10.1. The Morgan fingerprint density at radius 2 is 1.82 bits per heavy atom. The summed E-state index contributed by atoms with van der Waals surface area (Å²) in [5.41, 5.74) is 8.09. The SMILES string of the molecule is CCCCONC(=O)[C@@H](N)[C@@H](C)OCCCC. The minimum Gasteiger partial charge on any atom is -0.376 e. The van der Waals surface area contributed by atoms with Crippen LogP contribution in [0.3, 0.4) is 0 Å². The number of rotatable bonds is 10. The first-order valence-electron chi connectivity index (χ1n) is 6.42. The third-order valence-electron chi connectivity index (χ3n) is 2.46. The van der Waals surface area contributed by atoms with E-state index in [1.807, 2.05) is 0 Å². The molecule has 0 aliphatic rings. The summed E-state index contributed by atoms with van der Waals surface area (Å²) in [4.78, 5) is 16.5. The van der Waals surface area contributed by atoms with Crippen molar-refractivity contribution in [3.05, 3.63) is 0 Å². The molecular weight excluding hydrogens is 220 g/mol. The average Bonchev–Trinajstić information content (AvgIpc) is 2.33. The number of carbonyl (C=O) groups is 1. The van der Waals surface area contributed by atoms with Gasteiger partial charge in [0.2, 0.25) is 0 Å². The largest absolute Gasteiger partial charge is 0.376 e. The van der Waals surface area contributed by atoms with Gasteiger partial charge in [-0.2, -0.15) is 0 Å². The maximum absolute atomic E-state index is 11.5. The number of hydrogen-bond acceptors (Lipinski definition) is 4. The standard InChI is InChI=1S/C12H26N2O3/c1-4-6-8-16-10(3)11(13)12(15)14-17-9-7-5-2/h10-11H,4-9,13H2,1-3H3,(H,14,15)/t10-,11+/m1/s1. The van der Waals surface area contributed by atoms with Gasteiger partial charge < -0.3 is 10.5 Å². The lowest BCUT2D eigenvalue weighted by Crippen LogP contribution is -2.48. The second-order valence-corrected chi connectivity index (χ2v) is 4.12. The summed E-state index contributed by atoms with van der Waals surface area (Å²) in [7, 11) is 0. The molecule has 0 saturated carbocycles. The zero-order valence-electron chi connectivity index (χ0n) is 11.2. The van der Waals surface area contributed by atoms with Crippen LogP contribution in [0.5, 0.6) is 0 Å². The van der Waals surface area contributed by atoms with E-state index < -0.39 is 6.04 Å². The fourth-order valence-corrected chi connectivity index (χ4v) is 1.14. The van der Waals surface area contributed by atoms with Gasteiger partial charge >= 0.3 is 0 Å². The minimum absolute atomic E-state index is 0.295. The summed E-state index contributed by atoms with van der Waals surface area (Å²) in [5, 5.41) is 0. The lowest BCUT2D eigenvalue weighted by Gasteiger charge is -2.19. The van der Waals surface area contributed by atoms with Gasteiger partial charge in [-0.25, -0.2) is 5.48 Å². The number of nitrogens with two attached hydrogens (primary N) is 1. The number of carbonyl (C=O) groups excluding carboxylic acids is 1. The van der Waals surface area contributed by atoms with Gasteiger partial charge in [0, 0.05) is 6.61 Å². The molecule has 0 heterocycles. The van der Waals surface area contributed by atoms with Crippen molar-refractivity contribution in [1.82, 2.24) is 5.48 Å². The molecule has 0 fully saturated rings. The van der Waals surface area contributed by atoms with E-state index in [1.165, 1.54) is 0 Å². The molecule has 0 aromatic rings. The van der Waals surface area contributed by atoms with E-state index in [0.29, 0.717) is 13.2 Å². The van der Waals surface area contributed by atoms with Gasteiger partial charge in [0.05, 0.1) is 12.7 Å². The van der Waals surface area contributed by atoms with Crippen molar-refractivity contribution in [2.45, 2.75) is 58.6 Å². The second kappa shape index (κ2) is 10.5. The summed E-state index contributed by atoms with van der Waals surface area (Å²) in [5.74, 6) is -0.329. The monoisotopic (exact) mass is 246 g/mol. The summed E-state index contributed by atoms with van der Waals surface area (Å²) in [6.07, 6.45) is 3.69. The molecule has 0 aromatic carbocycles. The zero-order valence-corrected chi connectivity index (χ0v) is 11.2. The molecule has 0 unspecified atom stereocenters. The van der Waals surface area contributed by atoms with Crippen molar-refractivity contribution in [3.8, 4) is 0 Å². The Morgan fingerprint density at radius 1 is 1.24 bits per heavy atom. The molecule has 0 rings (SSSR count). The normalized spacial score (nSPS) is 14.4. The highest BCUT2D eigenvalue weighted by Crippen LogP contribution is 1.99. The summed E-state index contributed by atoms with van der Waals surface area (Å²) < 4.78 is 5.45. The van der Waals surface area contributed by atoms with Gasteiger partial charge in [-0.05, 0) is 19.8 Å². The Hall–Kier alpha value is -0.650. The topological polar surface area (TPSA) is 73.6 Å². The number of hydrogen-bond donors (Lipinski definition) is 2. The molecule has 5 nitrogen and oxygen atoms in total. The number of hydroxylamine groups is 1. The summed E-state index contributed by atoms with van der Waals surface area (Å²) >= 11 is 0. The van der Waals surface area contributed by atoms with Crippen molar-refractivity contribution in [2.24, 2.45) is 5.73 Å². The molecule has 102 valence electrons. The minimum atomic E-state index is -0.687. The maximum Gasteiger partial charge on any atom is 0.263 e. The number of nitrogens with one attached hydrogen (secondary N) is 1. The second-order valence-electron chi connectivity index (χ2n) is 4.12. The number of ether oxygens (including phenoxy) is 1. The Labute approximate surface area is 104 Å². The van der Waals surface area contributed by atoms with E-state index in [-0.39, 0.29) is 12.0 Å². The van der Waals surface area contributed by atoms with E-state index in [0.717, 1.165) is 25.7 Å². The van der Waals surface area contributed by atoms with Gasteiger partial charge in [-0.1, -0.05) is 26.7 Å². The van der Waals surface area contributed by atoms with Crippen LogP contribution in [-0.2, 0) is 14.4 Å². The maximum atomic E-state index is 11.5. The first-order valence-corrected chi connectivity index (χ1v) is 6.42. The average molecular weight is 246 g/mol. The van der Waals surface area contributed by atoms with Crippen molar-refractivity contribution >= 4 is 5.91 Å². The molecule has 0 radical (unpaired) electrons. The molecule has 0 bridgehead atoms. The fourth-order valence-electron chi connectivity index (χ4n) is 1.14. The molecule has 0 aliphatic heterocycles. The fraction of sp³-hybridized carbons (Fsp3) is 0.917. The van der Waals surface area contributed by atoms with Crippen LogP contribution in [0, 0.1) is 0 Å². The molecular formula is C12H26N2O3. The first kappa shape index (κ1) is 16.4. The Bertz CT molecular complexity index is 200. The van der Waals surface area contributed by atoms with Crippen LogP contribution in [-0.4, -0.2) is 31.3 Å². The highest BCUT2D eigenvalue weighted by atomic mass is 16.6. The van der Waals surface area contributed by atoms with E-state index in [1.54, 1.807) is 6.92 Å². The highest BCUT2D eigenvalue weighted by molar-refractivity contribution is 5.81. The van der Waals surface area contributed by atoms with Gasteiger partial charge in [0.1, 0.15) is 6.04 Å². The molecule has 0 aromatic heterocycles. The van der Waals surface area contributed by atoms with Crippen LogP contribution >= 0.6 is 0 Å². The Balaban J connectivity index is 3.70. The van der Waals surface area contributed by atoms with E-state index in [9.17, 15) is 4.79 Å². The molecule has 3 N–H and O–H groups in total. The molecule has 0 aliphatic carbocycles. The van der Waals surface area contributed by atoms with Crippen LogP contribution in [0.1, 0.15) is 46.5 Å². The molecule has 1 amide bonds. The van der Waals surface area contributed by atoms with Gasteiger partial charge in [0.15, 0.2) is 0 Å². The Morgan fingerprint density at radius 3 is 2.41 bits per heavy atom. The predicted molar refractivity (Wildman–Crippen MR) is 67.3 cm³/mol. The van der Waals surface area contributed by atoms with E-state index in [4.69, 9.17) is 15.3 Å². The smallest absolute Gasteiger partial charge is 0.263 e. The molecule has 2 atom stereocenters. The van der Waals surface area contributed by atoms with Crippen LogP contribution in [0.25, 0.3) is 0 Å². The van der Waals surface area contributed by atoms with Crippen molar-refractivity contribution < 1.29 is 14.4 Å². The van der Waals surface area contributed by atoms with Gasteiger partial charge in [0.25, 0.3) is 5.91 Å². The van der Waals surface area contributed by atoms with Crippen LogP contribution < -0.4 is 11.2 Å². The zero-order chi connectivity index (χ0) is 13.1. The number of amides is 1. The third-order valence-corrected chi connectivity index (χ3v) is 2.46. The summed E-state index contributed by atoms with van der Waals surface area (Å²) in [6.45, 7) is 7.09. The van der Waals surface area contributed by atoms with Crippen molar-refractivity contribution in [1.29, 1.82) is 0 Å². The summed E-state index contributed by atoms with van der Waals surface area (Å²) in [6, 6.07) is -0.687. The van der Waals surface area contributed by atoms with Crippen LogP contribution in [0.4, 0.5) is 0 Å². The van der Waals surface area contributed by atoms with Crippen LogP contribution in [0.15, 0.2) is 0 Å². The van der Waals surface area contributed by atoms with Gasteiger partial charge in [-0.15, -0.1) is 0 Å². The lowest BCUT2D eigenvalue weighted by atomic mass is 10.2. The van der Waals surface area contributed by atoms with E-state index >= 15 is 0 Å². The molecule has 17 heavy (non-hydrogen) atoms. The highest BCUT2D eigenvalue weighted by Gasteiger charge is 2.21. The number of unbranched alkanes of at least 4 members (excludes halogenated alkanes) is 2. The van der Waals surface area contributed by atoms with Crippen LogP contribution in [0.2, 0.25) is 0 Å². The van der Waals surface area contributed by atoms with Crippen molar-refractivity contribution in [3.63, 3.8) is 0 Å². The quantitative estimate of drug-likeness (QED) is 0.451. The molecule has 0 spiro atoms. The predicted octanol–water partition coefficient (Wildman–Crippen LogP) is 1.37.